The van der Waals surface area contributed by atoms with Crippen molar-refractivity contribution in [3.05, 3.63) is 0 Å². The molecule has 0 bridgehead atoms. The van der Waals surface area contributed by atoms with E-state index in [9.17, 15) is 43.2 Å². The smallest absolute Gasteiger partial charge is 0.462 e. The maximum absolute atomic E-state index is 13.1. The number of phosphoric ester groups is 2. The van der Waals surface area contributed by atoms with Gasteiger partial charge in [-0.2, -0.15) is 0 Å². The van der Waals surface area contributed by atoms with Gasteiger partial charge in [-0.25, -0.2) is 9.13 Å². The summed E-state index contributed by atoms with van der Waals surface area (Å²) in [7, 11) is -9.91. The molecule has 558 valence electrons. The summed E-state index contributed by atoms with van der Waals surface area (Å²) in [6, 6.07) is 0. The summed E-state index contributed by atoms with van der Waals surface area (Å²) >= 11 is 0. The Balaban J connectivity index is 5.21. The number of esters is 4. The monoisotopic (exact) mass is 1380 g/mol. The maximum atomic E-state index is 13.1. The predicted octanol–water partition coefficient (Wildman–Crippen LogP) is 21.9. The lowest BCUT2D eigenvalue weighted by molar-refractivity contribution is -0.161. The van der Waals surface area contributed by atoms with Crippen LogP contribution in [0.2, 0.25) is 0 Å². The topological polar surface area (TPSA) is 237 Å². The number of hydrogen-bond donors (Lipinski definition) is 3. The molecule has 17 nitrogen and oxygen atoms in total. The van der Waals surface area contributed by atoms with Crippen LogP contribution in [0.25, 0.3) is 0 Å². The van der Waals surface area contributed by atoms with E-state index in [2.05, 4.69) is 41.5 Å². The summed E-state index contributed by atoms with van der Waals surface area (Å²) in [6.07, 6.45) is 54.2. The summed E-state index contributed by atoms with van der Waals surface area (Å²) in [4.78, 5) is 72.7. The average molecular weight is 1380 g/mol. The van der Waals surface area contributed by atoms with Gasteiger partial charge in [0.1, 0.15) is 19.3 Å². The highest BCUT2D eigenvalue weighted by Crippen LogP contribution is 2.45. The van der Waals surface area contributed by atoms with E-state index in [1.54, 1.807) is 0 Å². The van der Waals surface area contributed by atoms with E-state index in [1.807, 2.05) is 0 Å². The lowest BCUT2D eigenvalue weighted by Gasteiger charge is -2.21. The largest absolute Gasteiger partial charge is 0.472 e. The number of rotatable bonds is 74. The Hall–Kier alpha value is -1.94. The van der Waals surface area contributed by atoms with Gasteiger partial charge in [0, 0.05) is 25.7 Å². The molecule has 0 aromatic carbocycles. The zero-order chi connectivity index (χ0) is 69.3. The van der Waals surface area contributed by atoms with Gasteiger partial charge in [-0.3, -0.25) is 37.3 Å². The summed E-state index contributed by atoms with van der Waals surface area (Å²) < 4.78 is 68.4. The fraction of sp³-hybridized carbons (Fsp3) is 0.947. The van der Waals surface area contributed by atoms with E-state index in [0.717, 1.165) is 102 Å². The first-order valence-electron chi connectivity index (χ1n) is 39.0. The highest BCUT2D eigenvalue weighted by molar-refractivity contribution is 7.47. The van der Waals surface area contributed by atoms with Crippen molar-refractivity contribution in [2.24, 2.45) is 11.8 Å². The molecule has 0 heterocycles. The van der Waals surface area contributed by atoms with E-state index in [4.69, 9.17) is 37.0 Å². The van der Waals surface area contributed by atoms with E-state index >= 15 is 0 Å². The lowest BCUT2D eigenvalue weighted by atomic mass is 10.00. The normalized spacial score (nSPS) is 14.3. The average Bonchev–Trinajstić information content (AvgIpc) is 2.02. The first kappa shape index (κ1) is 92.1. The fourth-order valence-electron chi connectivity index (χ4n) is 11.4. The highest BCUT2D eigenvalue weighted by Gasteiger charge is 2.30. The van der Waals surface area contributed by atoms with Crippen molar-refractivity contribution in [2.75, 3.05) is 39.6 Å². The van der Waals surface area contributed by atoms with E-state index < -0.39 is 97.5 Å². The van der Waals surface area contributed by atoms with Gasteiger partial charge in [0.2, 0.25) is 0 Å². The van der Waals surface area contributed by atoms with E-state index in [-0.39, 0.29) is 25.7 Å². The van der Waals surface area contributed by atoms with Crippen molar-refractivity contribution in [3.8, 4) is 0 Å². The molecule has 19 heteroatoms. The van der Waals surface area contributed by atoms with Crippen LogP contribution in [-0.4, -0.2) is 96.7 Å². The SMILES string of the molecule is CCCCCCCCCCCCCCCCCCCCCC(=O)O[C@H](COC(=O)CCCCCCCCCCCCCCCC(C)C)COP(=O)(O)OC[C@@H](O)COP(=O)(O)OC[C@@H](COC(=O)CCCCCCCCCCC)OC(=O)CCCCCCCCC(C)CC. The molecule has 6 atom stereocenters. The Morgan fingerprint density at radius 1 is 0.309 bits per heavy atom. The fourth-order valence-corrected chi connectivity index (χ4v) is 13.0. The quantitative estimate of drug-likeness (QED) is 0.0222. The Bertz CT molecular complexity index is 1820. The van der Waals surface area contributed by atoms with Gasteiger partial charge in [0.05, 0.1) is 26.4 Å². The lowest BCUT2D eigenvalue weighted by Crippen LogP contribution is -2.30. The molecule has 0 radical (unpaired) electrons. The van der Waals surface area contributed by atoms with Crippen LogP contribution in [0.4, 0.5) is 0 Å². The van der Waals surface area contributed by atoms with Crippen LogP contribution >= 0.6 is 15.6 Å². The molecule has 0 aromatic rings. The summed E-state index contributed by atoms with van der Waals surface area (Å²) in [5.41, 5.74) is 0. The first-order chi connectivity index (χ1) is 45.4. The van der Waals surface area contributed by atoms with Crippen molar-refractivity contribution >= 4 is 39.5 Å². The van der Waals surface area contributed by atoms with Gasteiger partial charge in [-0.05, 0) is 37.5 Å². The van der Waals surface area contributed by atoms with Gasteiger partial charge >= 0.3 is 39.5 Å². The number of aliphatic hydroxyl groups excluding tert-OH is 1. The Morgan fingerprint density at radius 2 is 0.543 bits per heavy atom. The zero-order valence-electron chi connectivity index (χ0n) is 61.3. The van der Waals surface area contributed by atoms with E-state index in [0.29, 0.717) is 25.7 Å². The Labute approximate surface area is 575 Å². The first-order valence-corrected chi connectivity index (χ1v) is 42.0. The van der Waals surface area contributed by atoms with Crippen molar-refractivity contribution < 1.29 is 80.2 Å². The maximum Gasteiger partial charge on any atom is 0.472 e. The summed E-state index contributed by atoms with van der Waals surface area (Å²) in [5, 5.41) is 10.6. The molecule has 0 aliphatic heterocycles. The third-order valence-corrected chi connectivity index (χ3v) is 19.7. The molecular weight excluding hydrogens is 1230 g/mol. The molecule has 0 rings (SSSR count). The standard InChI is InChI=1S/C75H146O17P2/c1-7-10-12-14-16-18-19-20-21-22-23-24-25-28-32-36-40-47-53-59-74(79)91-70(63-86-73(78)58-52-46-39-35-31-29-26-27-30-34-37-43-49-55-67(4)5)65-89-93(81,82)87-61-69(76)62-88-94(83,84)90-66-71(64-85-72(77)57-51-45-38-33-17-15-13-11-8-2)92-75(80)60-54-48-42-41-44-50-56-68(6)9-3/h67-71,76H,7-66H2,1-6H3,(H,81,82)(H,83,84)/t68?,69-,70-,71-/m1/s1. The predicted molar refractivity (Wildman–Crippen MR) is 381 cm³/mol. The van der Waals surface area contributed by atoms with Crippen molar-refractivity contribution in [1.82, 2.24) is 0 Å². The van der Waals surface area contributed by atoms with Gasteiger partial charge in [-0.15, -0.1) is 0 Å². The van der Waals surface area contributed by atoms with Gasteiger partial charge in [0.15, 0.2) is 12.2 Å². The molecule has 3 N–H and O–H groups in total. The molecule has 0 aliphatic carbocycles. The molecule has 0 aliphatic rings. The second kappa shape index (κ2) is 66.9. The molecule has 3 unspecified atom stereocenters. The number of carbonyl (C=O) groups is 4. The number of ether oxygens (including phenoxy) is 4. The van der Waals surface area contributed by atoms with Crippen LogP contribution in [0.3, 0.4) is 0 Å². The second-order valence-corrected chi connectivity index (χ2v) is 30.7. The number of unbranched alkanes of at least 4 members (excludes halogenated alkanes) is 43. The Kier molecular flexibility index (Phi) is 65.5. The van der Waals surface area contributed by atoms with E-state index in [1.165, 1.54) is 205 Å². The molecule has 94 heavy (non-hydrogen) atoms. The molecule has 0 spiro atoms. The zero-order valence-corrected chi connectivity index (χ0v) is 63.1. The minimum absolute atomic E-state index is 0.103. The number of hydrogen-bond acceptors (Lipinski definition) is 15. The number of aliphatic hydroxyl groups is 1. The Morgan fingerprint density at radius 3 is 0.809 bits per heavy atom. The molecule has 0 amide bonds. The van der Waals surface area contributed by atoms with Gasteiger partial charge in [0.25, 0.3) is 0 Å². The van der Waals surface area contributed by atoms with Crippen LogP contribution in [0.1, 0.15) is 388 Å². The van der Waals surface area contributed by atoms with Gasteiger partial charge in [-0.1, -0.05) is 337 Å². The number of carbonyl (C=O) groups excluding carboxylic acids is 4. The molecular formula is C75H146O17P2. The van der Waals surface area contributed by atoms with Crippen LogP contribution < -0.4 is 0 Å². The third kappa shape index (κ3) is 67.3. The van der Waals surface area contributed by atoms with Crippen LogP contribution in [0, 0.1) is 11.8 Å². The second-order valence-electron chi connectivity index (χ2n) is 27.8. The van der Waals surface area contributed by atoms with Crippen LogP contribution in [0.5, 0.6) is 0 Å². The van der Waals surface area contributed by atoms with Crippen LogP contribution in [-0.2, 0) is 65.4 Å². The van der Waals surface area contributed by atoms with Crippen molar-refractivity contribution in [2.45, 2.75) is 407 Å². The summed E-state index contributed by atoms with van der Waals surface area (Å²) in [6.45, 7) is 9.54. The minimum Gasteiger partial charge on any atom is -0.462 e. The molecule has 0 saturated heterocycles. The third-order valence-electron chi connectivity index (χ3n) is 17.8. The number of phosphoric acid groups is 2. The van der Waals surface area contributed by atoms with Crippen molar-refractivity contribution in [3.63, 3.8) is 0 Å². The molecule has 0 aromatic heterocycles. The van der Waals surface area contributed by atoms with Crippen LogP contribution in [0.15, 0.2) is 0 Å². The molecule has 0 fully saturated rings. The minimum atomic E-state index is -4.96. The van der Waals surface area contributed by atoms with Gasteiger partial charge < -0.3 is 33.8 Å². The summed E-state index contributed by atoms with van der Waals surface area (Å²) in [5.74, 6) is -0.610. The highest BCUT2D eigenvalue weighted by atomic mass is 31.2. The van der Waals surface area contributed by atoms with Crippen molar-refractivity contribution in [1.29, 1.82) is 0 Å². The molecule has 0 saturated carbocycles.